The number of rotatable bonds is 4. The zero-order valence-corrected chi connectivity index (χ0v) is 18.0. The van der Waals surface area contributed by atoms with Crippen molar-refractivity contribution in [1.29, 1.82) is 0 Å². The summed E-state index contributed by atoms with van der Waals surface area (Å²) in [5.74, 6) is 0.943. The Morgan fingerprint density at radius 1 is 1.03 bits per heavy atom. The molecule has 2 aromatic rings. The van der Waals surface area contributed by atoms with Gasteiger partial charge in [-0.15, -0.1) is 0 Å². The molecule has 1 atom stereocenters. The molecule has 2 aliphatic rings. The van der Waals surface area contributed by atoms with Crippen LogP contribution in [-0.2, 0) is 14.8 Å². The second-order valence-corrected chi connectivity index (χ2v) is 9.83. The third-order valence-electron chi connectivity index (χ3n) is 5.91. The van der Waals surface area contributed by atoms with Gasteiger partial charge >= 0.3 is 0 Å². The van der Waals surface area contributed by atoms with Crippen LogP contribution in [0.1, 0.15) is 42.0 Å². The zero-order valence-electron chi connectivity index (χ0n) is 17.2. The Morgan fingerprint density at radius 3 is 2.45 bits per heavy atom. The van der Waals surface area contributed by atoms with Crippen LogP contribution in [0.15, 0.2) is 41.4 Å². The van der Waals surface area contributed by atoms with Gasteiger partial charge in [-0.05, 0) is 56.0 Å². The summed E-state index contributed by atoms with van der Waals surface area (Å²) in [4.78, 5) is 7.28. The lowest BCUT2D eigenvalue weighted by atomic mass is 9.95. The largest absolute Gasteiger partial charge is 0.378 e. The Balaban J connectivity index is 1.64. The van der Waals surface area contributed by atoms with Crippen LogP contribution < -0.4 is 4.90 Å². The van der Waals surface area contributed by atoms with E-state index in [0.29, 0.717) is 24.7 Å². The molecule has 0 spiro atoms. The molecule has 6 nitrogen and oxygen atoms in total. The van der Waals surface area contributed by atoms with Gasteiger partial charge in [0.25, 0.3) is 0 Å². The summed E-state index contributed by atoms with van der Waals surface area (Å²) in [5.41, 5.74) is 3.16. The molecule has 2 fully saturated rings. The van der Waals surface area contributed by atoms with E-state index < -0.39 is 10.0 Å². The van der Waals surface area contributed by atoms with Gasteiger partial charge in [0.15, 0.2) is 0 Å². The number of nitrogens with zero attached hydrogens (tertiary/aromatic N) is 3. The minimum atomic E-state index is -3.54. The summed E-state index contributed by atoms with van der Waals surface area (Å²) >= 11 is 0. The van der Waals surface area contributed by atoms with Crippen LogP contribution in [0.2, 0.25) is 0 Å². The van der Waals surface area contributed by atoms with Gasteiger partial charge in [0.1, 0.15) is 5.82 Å². The Bertz CT molecular complexity index is 954. The Morgan fingerprint density at radius 2 is 1.76 bits per heavy atom. The van der Waals surface area contributed by atoms with Crippen molar-refractivity contribution in [2.75, 3.05) is 37.7 Å². The molecule has 2 aliphatic heterocycles. The molecule has 0 unspecified atom stereocenters. The monoisotopic (exact) mass is 415 g/mol. The van der Waals surface area contributed by atoms with Crippen molar-refractivity contribution in [1.82, 2.24) is 9.29 Å². The van der Waals surface area contributed by atoms with Gasteiger partial charge in [-0.25, -0.2) is 13.4 Å². The predicted octanol–water partition coefficient (Wildman–Crippen LogP) is 3.45. The Kier molecular flexibility index (Phi) is 5.90. The molecule has 1 aromatic heterocycles. The number of anilines is 1. The molecule has 0 radical (unpaired) electrons. The molecule has 0 N–H and O–H groups in total. The van der Waals surface area contributed by atoms with Crippen molar-refractivity contribution in [3.05, 3.63) is 53.2 Å². The highest BCUT2D eigenvalue weighted by molar-refractivity contribution is 7.89. The van der Waals surface area contributed by atoms with Gasteiger partial charge in [-0.2, -0.15) is 4.31 Å². The molecule has 0 bridgehead atoms. The molecule has 0 aliphatic carbocycles. The van der Waals surface area contributed by atoms with Gasteiger partial charge in [-0.3, -0.25) is 0 Å². The van der Waals surface area contributed by atoms with Crippen molar-refractivity contribution in [2.45, 2.75) is 44.0 Å². The van der Waals surface area contributed by atoms with Crippen molar-refractivity contribution in [3.63, 3.8) is 0 Å². The third-order valence-corrected chi connectivity index (χ3v) is 7.83. The number of hydrogen-bond donors (Lipinski definition) is 0. The number of aryl methyl sites for hydroxylation is 2. The quantitative estimate of drug-likeness (QED) is 0.765. The standard InChI is InChI=1S/C22H29N3O3S/c1-17-6-8-19(9-7-17)29(26,27)25-10-4-3-5-21(25)20-16-23-22(15-18(20)2)24-11-13-28-14-12-24/h6-9,15-16,21H,3-5,10-14H2,1-2H3/t21-/m1/s1. The van der Waals surface area contributed by atoms with Gasteiger partial charge in [0.05, 0.1) is 24.2 Å². The number of sulfonamides is 1. The van der Waals surface area contributed by atoms with E-state index in [-0.39, 0.29) is 6.04 Å². The minimum absolute atomic E-state index is 0.165. The summed E-state index contributed by atoms with van der Waals surface area (Å²) in [6, 6.07) is 9.06. The summed E-state index contributed by atoms with van der Waals surface area (Å²) in [7, 11) is -3.54. The number of hydrogen-bond acceptors (Lipinski definition) is 5. The summed E-state index contributed by atoms with van der Waals surface area (Å²) in [6.45, 7) is 7.68. The zero-order chi connectivity index (χ0) is 20.4. The van der Waals surface area contributed by atoms with E-state index in [1.807, 2.05) is 25.3 Å². The van der Waals surface area contributed by atoms with Crippen LogP contribution in [0.5, 0.6) is 0 Å². The van der Waals surface area contributed by atoms with E-state index in [2.05, 4.69) is 22.9 Å². The van der Waals surface area contributed by atoms with Crippen LogP contribution in [-0.4, -0.2) is 50.6 Å². The lowest BCUT2D eigenvalue weighted by Crippen LogP contribution is -2.39. The highest BCUT2D eigenvalue weighted by atomic mass is 32.2. The predicted molar refractivity (Wildman–Crippen MR) is 114 cm³/mol. The van der Waals surface area contributed by atoms with Crippen molar-refractivity contribution >= 4 is 15.8 Å². The summed E-state index contributed by atoms with van der Waals surface area (Å²) < 4.78 is 33.9. The lowest BCUT2D eigenvalue weighted by molar-refractivity contribution is 0.122. The van der Waals surface area contributed by atoms with E-state index in [1.54, 1.807) is 16.4 Å². The Labute approximate surface area is 173 Å². The minimum Gasteiger partial charge on any atom is -0.378 e. The van der Waals surface area contributed by atoms with Crippen LogP contribution in [0.25, 0.3) is 0 Å². The fraction of sp³-hybridized carbons (Fsp3) is 0.500. The van der Waals surface area contributed by atoms with E-state index in [9.17, 15) is 8.42 Å². The second kappa shape index (κ2) is 8.42. The lowest BCUT2D eigenvalue weighted by Gasteiger charge is -2.36. The molecule has 156 valence electrons. The fourth-order valence-corrected chi connectivity index (χ4v) is 5.89. The maximum absolute atomic E-state index is 13.4. The molecule has 0 amide bonds. The highest BCUT2D eigenvalue weighted by Crippen LogP contribution is 2.37. The van der Waals surface area contributed by atoms with Crippen LogP contribution >= 0.6 is 0 Å². The highest BCUT2D eigenvalue weighted by Gasteiger charge is 2.35. The first-order valence-corrected chi connectivity index (χ1v) is 11.8. The van der Waals surface area contributed by atoms with E-state index >= 15 is 0 Å². The third kappa shape index (κ3) is 4.17. The van der Waals surface area contributed by atoms with Crippen molar-refractivity contribution in [2.24, 2.45) is 0 Å². The van der Waals surface area contributed by atoms with Gasteiger partial charge in [0, 0.05) is 25.8 Å². The summed E-state index contributed by atoms with van der Waals surface area (Å²) in [5, 5.41) is 0. The summed E-state index contributed by atoms with van der Waals surface area (Å²) in [6.07, 6.45) is 4.62. The number of ether oxygens (including phenoxy) is 1. The molecule has 4 rings (SSSR count). The topological polar surface area (TPSA) is 62.7 Å². The fourth-order valence-electron chi connectivity index (χ4n) is 4.22. The number of morpholine rings is 1. The number of pyridine rings is 1. The van der Waals surface area contributed by atoms with Crippen molar-refractivity contribution in [3.8, 4) is 0 Å². The molecular formula is C22H29N3O3S. The first-order valence-electron chi connectivity index (χ1n) is 10.3. The molecule has 3 heterocycles. The molecule has 1 aromatic carbocycles. The SMILES string of the molecule is Cc1ccc(S(=O)(=O)N2CCCC[C@@H]2c2cnc(N3CCOCC3)cc2C)cc1. The molecule has 2 saturated heterocycles. The van der Waals surface area contributed by atoms with Crippen LogP contribution in [0.3, 0.4) is 0 Å². The first kappa shape index (κ1) is 20.3. The molecule has 29 heavy (non-hydrogen) atoms. The van der Waals surface area contributed by atoms with Crippen LogP contribution in [0, 0.1) is 13.8 Å². The molecule has 7 heteroatoms. The first-order chi connectivity index (χ1) is 14.0. The maximum Gasteiger partial charge on any atom is 0.243 e. The normalized spacial score (nSPS) is 21.3. The van der Waals surface area contributed by atoms with Gasteiger partial charge in [0.2, 0.25) is 10.0 Å². The van der Waals surface area contributed by atoms with Gasteiger partial charge in [-0.1, -0.05) is 24.1 Å². The average Bonchev–Trinajstić information content (AvgIpc) is 2.75. The number of piperidine rings is 1. The van der Waals surface area contributed by atoms with Gasteiger partial charge < -0.3 is 9.64 Å². The number of aromatic nitrogens is 1. The van der Waals surface area contributed by atoms with Crippen molar-refractivity contribution < 1.29 is 13.2 Å². The maximum atomic E-state index is 13.4. The average molecular weight is 416 g/mol. The number of benzene rings is 1. The van der Waals surface area contributed by atoms with E-state index in [0.717, 1.165) is 54.9 Å². The second-order valence-electron chi connectivity index (χ2n) is 7.94. The van der Waals surface area contributed by atoms with Crippen LogP contribution in [0.4, 0.5) is 5.82 Å². The smallest absolute Gasteiger partial charge is 0.243 e. The Hall–Kier alpha value is -1.96. The molecular weight excluding hydrogens is 386 g/mol. The van der Waals surface area contributed by atoms with E-state index in [1.165, 1.54) is 0 Å². The van der Waals surface area contributed by atoms with E-state index in [4.69, 9.17) is 4.74 Å². The molecule has 0 saturated carbocycles.